The first kappa shape index (κ1) is 18.7. The molecule has 0 amide bonds. The molecule has 0 unspecified atom stereocenters. The maximum absolute atomic E-state index is 12.7. The zero-order chi connectivity index (χ0) is 19.4. The molecular formula is C26H36O2. The van der Waals surface area contributed by atoms with Crippen LogP contribution in [-0.4, -0.2) is 12.1 Å². The van der Waals surface area contributed by atoms with Crippen molar-refractivity contribution >= 4 is 5.97 Å². The van der Waals surface area contributed by atoms with Crippen LogP contribution in [0.25, 0.3) is 0 Å². The molecule has 7 atom stereocenters. The van der Waals surface area contributed by atoms with Gasteiger partial charge < -0.3 is 4.74 Å². The van der Waals surface area contributed by atoms with Gasteiger partial charge in [-0.3, -0.25) is 0 Å². The zero-order valence-corrected chi connectivity index (χ0v) is 17.7. The topological polar surface area (TPSA) is 26.3 Å². The highest BCUT2D eigenvalue weighted by Gasteiger charge is 2.60. The van der Waals surface area contributed by atoms with E-state index in [1.165, 1.54) is 57.8 Å². The molecule has 1 aromatic rings. The maximum Gasteiger partial charge on any atom is 0.338 e. The first-order chi connectivity index (χ1) is 13.5. The van der Waals surface area contributed by atoms with E-state index in [-0.39, 0.29) is 17.5 Å². The predicted molar refractivity (Wildman–Crippen MR) is 112 cm³/mol. The molecule has 0 bridgehead atoms. The summed E-state index contributed by atoms with van der Waals surface area (Å²) >= 11 is 0. The van der Waals surface area contributed by atoms with Gasteiger partial charge in [0.15, 0.2) is 0 Å². The third-order valence-corrected chi connectivity index (χ3v) is 9.76. The monoisotopic (exact) mass is 380 g/mol. The molecule has 0 radical (unpaired) electrons. The summed E-state index contributed by atoms with van der Waals surface area (Å²) in [7, 11) is 0. The average Bonchev–Trinajstić information content (AvgIpc) is 3.04. The average molecular weight is 381 g/mol. The lowest BCUT2D eigenvalue weighted by Crippen LogP contribution is -2.53. The number of carbonyl (C=O) groups is 1. The molecule has 28 heavy (non-hydrogen) atoms. The van der Waals surface area contributed by atoms with Crippen LogP contribution in [0.1, 0.15) is 88.4 Å². The summed E-state index contributed by atoms with van der Waals surface area (Å²) < 4.78 is 6.14. The Balaban J connectivity index is 1.35. The molecular weight excluding hydrogens is 344 g/mol. The zero-order valence-electron chi connectivity index (χ0n) is 17.7. The Bertz CT molecular complexity index is 727. The Kier molecular flexibility index (Phi) is 4.60. The summed E-state index contributed by atoms with van der Waals surface area (Å²) in [4.78, 5) is 12.7. The highest BCUT2D eigenvalue weighted by atomic mass is 16.5. The van der Waals surface area contributed by atoms with Crippen LogP contribution in [0.2, 0.25) is 0 Å². The molecule has 0 aliphatic heterocycles. The van der Waals surface area contributed by atoms with Gasteiger partial charge in [0.2, 0.25) is 0 Å². The molecule has 0 spiro atoms. The van der Waals surface area contributed by atoms with E-state index in [9.17, 15) is 4.79 Å². The Morgan fingerprint density at radius 1 is 0.857 bits per heavy atom. The van der Waals surface area contributed by atoms with E-state index < -0.39 is 0 Å². The molecule has 0 N–H and O–H groups in total. The maximum atomic E-state index is 12.7. The first-order valence-electron chi connectivity index (χ1n) is 11.8. The number of ether oxygens (including phenoxy) is 1. The quantitative estimate of drug-likeness (QED) is 0.537. The number of hydrogen-bond acceptors (Lipinski definition) is 2. The van der Waals surface area contributed by atoms with Crippen LogP contribution >= 0.6 is 0 Å². The Morgan fingerprint density at radius 2 is 1.64 bits per heavy atom. The van der Waals surface area contributed by atoms with Crippen LogP contribution in [-0.2, 0) is 4.74 Å². The molecule has 2 nitrogen and oxygen atoms in total. The molecule has 2 heteroatoms. The van der Waals surface area contributed by atoms with Crippen molar-refractivity contribution in [3.05, 3.63) is 35.9 Å². The summed E-state index contributed by atoms with van der Waals surface area (Å²) in [6.07, 6.45) is 13.7. The van der Waals surface area contributed by atoms with Crippen molar-refractivity contribution in [1.82, 2.24) is 0 Å². The normalized spacial score (nSPS) is 44.9. The fourth-order valence-corrected chi connectivity index (χ4v) is 8.21. The van der Waals surface area contributed by atoms with Gasteiger partial charge in [-0.15, -0.1) is 0 Å². The van der Waals surface area contributed by atoms with Gasteiger partial charge in [0.05, 0.1) is 5.56 Å². The lowest BCUT2D eigenvalue weighted by Gasteiger charge is -2.60. The summed E-state index contributed by atoms with van der Waals surface area (Å²) in [5, 5.41) is 0. The second-order valence-corrected chi connectivity index (χ2v) is 10.8. The van der Waals surface area contributed by atoms with Crippen molar-refractivity contribution in [3.8, 4) is 0 Å². The minimum Gasteiger partial charge on any atom is -0.458 e. The standard InChI is InChI=1S/C26H36O2/c1-25-16-7-6-10-19(25)11-12-20-21-13-14-23(26(21,2)17-15-22(20)25)28-24(27)18-8-4-3-5-9-18/h3-5,8-9,19-23H,6-7,10-17H2,1-2H3/t19-,20+,21+,22-,23-,25+,26+/m1/s1. The molecule has 0 aromatic heterocycles. The fourth-order valence-electron chi connectivity index (χ4n) is 8.21. The van der Waals surface area contributed by atoms with Gasteiger partial charge in [-0.2, -0.15) is 0 Å². The van der Waals surface area contributed by atoms with Crippen molar-refractivity contribution in [3.63, 3.8) is 0 Å². The summed E-state index contributed by atoms with van der Waals surface area (Å²) in [5.41, 5.74) is 1.46. The van der Waals surface area contributed by atoms with Gasteiger partial charge in [0.1, 0.15) is 6.10 Å². The van der Waals surface area contributed by atoms with Gasteiger partial charge >= 0.3 is 5.97 Å². The van der Waals surface area contributed by atoms with Crippen LogP contribution in [0.5, 0.6) is 0 Å². The van der Waals surface area contributed by atoms with Crippen molar-refractivity contribution < 1.29 is 9.53 Å². The molecule has 4 aliphatic rings. The number of esters is 1. The van der Waals surface area contributed by atoms with E-state index in [1.807, 2.05) is 30.3 Å². The van der Waals surface area contributed by atoms with E-state index in [4.69, 9.17) is 4.74 Å². The lowest BCUT2D eigenvalue weighted by molar-refractivity contribution is -0.122. The van der Waals surface area contributed by atoms with Crippen molar-refractivity contribution in [2.45, 2.75) is 84.2 Å². The van der Waals surface area contributed by atoms with Crippen molar-refractivity contribution in [2.75, 3.05) is 0 Å². The van der Waals surface area contributed by atoms with E-state index in [0.717, 1.165) is 30.1 Å². The van der Waals surface area contributed by atoms with Crippen molar-refractivity contribution in [2.24, 2.45) is 34.5 Å². The summed E-state index contributed by atoms with van der Waals surface area (Å²) in [5.74, 6) is 3.36. The van der Waals surface area contributed by atoms with Gasteiger partial charge in [0.25, 0.3) is 0 Å². The van der Waals surface area contributed by atoms with Crippen molar-refractivity contribution in [1.29, 1.82) is 0 Å². The third kappa shape index (κ3) is 2.77. The number of rotatable bonds is 2. The van der Waals surface area contributed by atoms with E-state index in [0.29, 0.717) is 11.0 Å². The molecule has 152 valence electrons. The van der Waals surface area contributed by atoms with Crippen LogP contribution in [0.3, 0.4) is 0 Å². The molecule has 4 aliphatic carbocycles. The Labute approximate surface area is 170 Å². The number of carbonyl (C=O) groups excluding carboxylic acids is 1. The van der Waals surface area contributed by atoms with Crippen LogP contribution < -0.4 is 0 Å². The largest absolute Gasteiger partial charge is 0.458 e. The highest BCUT2D eigenvalue weighted by molar-refractivity contribution is 5.89. The van der Waals surface area contributed by atoms with Gasteiger partial charge in [-0.05, 0) is 92.6 Å². The number of fused-ring (bicyclic) bond motifs is 5. The van der Waals surface area contributed by atoms with Crippen LogP contribution in [0.15, 0.2) is 30.3 Å². The molecule has 5 rings (SSSR count). The van der Waals surface area contributed by atoms with Gasteiger partial charge in [-0.25, -0.2) is 4.79 Å². The molecule has 4 saturated carbocycles. The molecule has 1 aromatic carbocycles. The Hall–Kier alpha value is -1.31. The third-order valence-electron chi connectivity index (χ3n) is 9.76. The molecule has 0 saturated heterocycles. The van der Waals surface area contributed by atoms with E-state index in [1.54, 1.807) is 0 Å². The first-order valence-corrected chi connectivity index (χ1v) is 11.8. The second kappa shape index (κ2) is 6.89. The van der Waals surface area contributed by atoms with E-state index in [2.05, 4.69) is 13.8 Å². The van der Waals surface area contributed by atoms with Crippen LogP contribution in [0.4, 0.5) is 0 Å². The number of hydrogen-bond donors (Lipinski definition) is 0. The van der Waals surface area contributed by atoms with Gasteiger partial charge in [-0.1, -0.05) is 44.9 Å². The van der Waals surface area contributed by atoms with Gasteiger partial charge in [0, 0.05) is 5.41 Å². The van der Waals surface area contributed by atoms with E-state index >= 15 is 0 Å². The molecule has 0 heterocycles. The number of benzene rings is 1. The summed E-state index contributed by atoms with van der Waals surface area (Å²) in [6, 6.07) is 9.54. The SMILES string of the molecule is C[C@]12CCCC[C@@H]1CC[C@@H]1[C@H]2CC[C@]2(C)[C@H](OC(=O)c3ccccc3)CC[C@@H]12. The minimum atomic E-state index is -0.127. The highest BCUT2D eigenvalue weighted by Crippen LogP contribution is 2.66. The Morgan fingerprint density at radius 3 is 2.46 bits per heavy atom. The predicted octanol–water partition coefficient (Wildman–Crippen LogP) is 6.64. The smallest absolute Gasteiger partial charge is 0.338 e. The fraction of sp³-hybridized carbons (Fsp3) is 0.731. The van der Waals surface area contributed by atoms with Crippen LogP contribution in [0, 0.1) is 34.5 Å². The summed E-state index contributed by atoms with van der Waals surface area (Å²) in [6.45, 7) is 5.08. The molecule has 4 fully saturated rings. The second-order valence-electron chi connectivity index (χ2n) is 10.8. The lowest BCUT2D eigenvalue weighted by atomic mass is 9.45. The minimum absolute atomic E-state index is 0.100.